The third kappa shape index (κ3) is 1.22. The van der Waals surface area contributed by atoms with E-state index in [1.165, 1.54) is 6.40 Å². The number of rotatable bonds is 2. The van der Waals surface area contributed by atoms with Gasteiger partial charge >= 0.3 is 0 Å². The molecule has 0 fully saturated rings. The quantitative estimate of drug-likeness (QED) is 0.522. The highest BCUT2D eigenvalue weighted by molar-refractivity contribution is 5.48. The van der Waals surface area contributed by atoms with Gasteiger partial charge in [-0.05, 0) is 6.42 Å². The van der Waals surface area contributed by atoms with Crippen LogP contribution in [0.15, 0.2) is 4.99 Å². The first-order valence-electron chi connectivity index (χ1n) is 2.86. The number of nitrogens with zero attached hydrogens (tertiary/aromatic N) is 1. The van der Waals surface area contributed by atoms with Gasteiger partial charge in [0.1, 0.15) is 6.61 Å². The van der Waals surface area contributed by atoms with Gasteiger partial charge in [-0.3, -0.25) is 4.99 Å². The molecule has 2 nitrogen and oxygen atoms in total. The van der Waals surface area contributed by atoms with Crippen molar-refractivity contribution in [2.45, 2.75) is 18.9 Å². The molecule has 2 heteroatoms. The number of hydrogen-bond donors (Lipinski definition) is 0. The lowest BCUT2D eigenvalue weighted by Crippen LogP contribution is -2.04. The topological polar surface area (TPSA) is 21.6 Å². The zero-order valence-corrected chi connectivity index (χ0v) is 4.84. The molecule has 0 amide bonds. The first kappa shape index (κ1) is 5.60. The van der Waals surface area contributed by atoms with Crippen LogP contribution in [-0.2, 0) is 4.74 Å². The van der Waals surface area contributed by atoms with Crippen LogP contribution in [0.3, 0.4) is 0 Å². The molecule has 1 atom stereocenters. The summed E-state index contributed by atoms with van der Waals surface area (Å²) in [5.41, 5.74) is 0. The first-order chi connectivity index (χ1) is 3.93. The van der Waals surface area contributed by atoms with E-state index >= 15 is 0 Å². The molecule has 0 spiro atoms. The molecule has 1 heterocycles. The van der Waals surface area contributed by atoms with Gasteiger partial charge in [0.15, 0.2) is 6.40 Å². The highest BCUT2D eigenvalue weighted by Gasteiger charge is 2.08. The average molecular weight is 112 g/mol. The molecular formula is C6H10NO. The van der Waals surface area contributed by atoms with Crippen LogP contribution in [0.2, 0.25) is 0 Å². The Kier molecular flexibility index (Phi) is 1.89. The van der Waals surface area contributed by atoms with Crippen LogP contribution in [0.5, 0.6) is 0 Å². The fraction of sp³-hybridized carbons (Fsp3) is 0.667. The molecule has 1 rings (SSSR count). The monoisotopic (exact) mass is 112 g/mol. The highest BCUT2D eigenvalue weighted by Crippen LogP contribution is 2.04. The molecule has 0 bridgehead atoms. The van der Waals surface area contributed by atoms with Gasteiger partial charge in [-0.2, -0.15) is 0 Å². The Balaban J connectivity index is 2.16. The van der Waals surface area contributed by atoms with Crippen LogP contribution in [0.1, 0.15) is 12.8 Å². The number of aliphatic imine (C=N–C) groups is 1. The number of hydrogen-bond acceptors (Lipinski definition) is 2. The zero-order valence-electron chi connectivity index (χ0n) is 4.84. The molecule has 0 N–H and O–H groups in total. The standard InChI is InChI=1S/C6H10NO/c1-2-3-6-4-8-5-7-6/h5-6H,1-4H2/t6-/m0/s1. The molecule has 1 aliphatic rings. The lowest BCUT2D eigenvalue weighted by atomic mass is 10.2. The maximum Gasteiger partial charge on any atom is 0.169 e. The van der Waals surface area contributed by atoms with Crippen LogP contribution in [0, 0.1) is 6.92 Å². The fourth-order valence-electron chi connectivity index (χ4n) is 0.720. The van der Waals surface area contributed by atoms with E-state index in [4.69, 9.17) is 4.74 Å². The van der Waals surface area contributed by atoms with Crippen LogP contribution < -0.4 is 0 Å². The Bertz CT molecular complexity index is 90.5. The van der Waals surface area contributed by atoms with Crippen molar-refractivity contribution in [3.05, 3.63) is 6.92 Å². The molecule has 0 aromatic heterocycles. The van der Waals surface area contributed by atoms with E-state index in [2.05, 4.69) is 11.9 Å². The summed E-state index contributed by atoms with van der Waals surface area (Å²) < 4.78 is 4.89. The number of ether oxygens (including phenoxy) is 1. The van der Waals surface area contributed by atoms with E-state index in [-0.39, 0.29) is 0 Å². The predicted octanol–water partition coefficient (Wildman–Crippen LogP) is 1.03. The molecule has 8 heavy (non-hydrogen) atoms. The van der Waals surface area contributed by atoms with Gasteiger partial charge < -0.3 is 4.74 Å². The minimum atomic E-state index is 0.396. The van der Waals surface area contributed by atoms with Crippen molar-refractivity contribution in [1.29, 1.82) is 0 Å². The van der Waals surface area contributed by atoms with E-state index in [1.54, 1.807) is 0 Å². The third-order valence-electron chi connectivity index (χ3n) is 1.17. The van der Waals surface area contributed by atoms with Crippen molar-refractivity contribution in [3.63, 3.8) is 0 Å². The molecule has 45 valence electrons. The first-order valence-corrected chi connectivity index (χ1v) is 2.86. The van der Waals surface area contributed by atoms with Crippen LogP contribution in [-0.4, -0.2) is 19.0 Å². The van der Waals surface area contributed by atoms with E-state index < -0.39 is 0 Å². The van der Waals surface area contributed by atoms with E-state index in [0.717, 1.165) is 19.4 Å². The normalized spacial score (nSPS) is 25.9. The Labute approximate surface area is 49.6 Å². The van der Waals surface area contributed by atoms with Crippen molar-refractivity contribution in [2.24, 2.45) is 4.99 Å². The van der Waals surface area contributed by atoms with Gasteiger partial charge in [-0.15, -0.1) is 0 Å². The van der Waals surface area contributed by atoms with Crippen molar-refractivity contribution in [1.82, 2.24) is 0 Å². The molecule has 0 aromatic carbocycles. The summed E-state index contributed by atoms with van der Waals surface area (Å²) in [5, 5.41) is 0. The summed E-state index contributed by atoms with van der Waals surface area (Å²) in [4.78, 5) is 4.04. The van der Waals surface area contributed by atoms with Crippen molar-refractivity contribution < 1.29 is 4.74 Å². The van der Waals surface area contributed by atoms with Crippen LogP contribution >= 0.6 is 0 Å². The molecule has 0 unspecified atom stereocenters. The van der Waals surface area contributed by atoms with Gasteiger partial charge in [-0.25, -0.2) is 0 Å². The second-order valence-corrected chi connectivity index (χ2v) is 1.88. The highest BCUT2D eigenvalue weighted by atomic mass is 16.5. The minimum Gasteiger partial charge on any atom is -0.481 e. The van der Waals surface area contributed by atoms with Gasteiger partial charge in [0.2, 0.25) is 0 Å². The Morgan fingerprint density at radius 2 is 2.75 bits per heavy atom. The average Bonchev–Trinajstić information content (AvgIpc) is 2.19. The molecule has 1 aliphatic heterocycles. The maximum absolute atomic E-state index is 4.89. The summed E-state index contributed by atoms with van der Waals surface area (Å²) in [5.74, 6) is 0. The van der Waals surface area contributed by atoms with E-state index in [9.17, 15) is 0 Å². The second kappa shape index (κ2) is 2.70. The lowest BCUT2D eigenvalue weighted by Gasteiger charge is -1.99. The predicted molar refractivity (Wildman–Crippen MR) is 32.8 cm³/mol. The molecule has 1 radical (unpaired) electrons. The summed E-state index contributed by atoms with van der Waals surface area (Å²) in [6, 6.07) is 0.396. The van der Waals surface area contributed by atoms with Crippen molar-refractivity contribution in [2.75, 3.05) is 6.61 Å². The molecule has 0 aromatic rings. The van der Waals surface area contributed by atoms with Gasteiger partial charge in [0, 0.05) is 0 Å². The van der Waals surface area contributed by atoms with Crippen molar-refractivity contribution in [3.8, 4) is 0 Å². The minimum absolute atomic E-state index is 0.396. The smallest absolute Gasteiger partial charge is 0.169 e. The van der Waals surface area contributed by atoms with E-state index in [0.29, 0.717) is 6.04 Å². The zero-order chi connectivity index (χ0) is 5.82. The largest absolute Gasteiger partial charge is 0.481 e. The summed E-state index contributed by atoms with van der Waals surface area (Å²) in [6.45, 7) is 4.48. The van der Waals surface area contributed by atoms with Gasteiger partial charge in [0.05, 0.1) is 6.04 Å². The summed E-state index contributed by atoms with van der Waals surface area (Å²) in [7, 11) is 0. The Morgan fingerprint density at radius 1 is 1.88 bits per heavy atom. The summed E-state index contributed by atoms with van der Waals surface area (Å²) >= 11 is 0. The van der Waals surface area contributed by atoms with Gasteiger partial charge in [-0.1, -0.05) is 13.3 Å². The maximum atomic E-state index is 4.89. The Morgan fingerprint density at radius 3 is 3.25 bits per heavy atom. The SMILES string of the molecule is [CH2]CC[C@H]1COC=N1. The third-order valence-corrected chi connectivity index (χ3v) is 1.17. The second-order valence-electron chi connectivity index (χ2n) is 1.88. The molecular weight excluding hydrogens is 102 g/mol. The van der Waals surface area contributed by atoms with Gasteiger partial charge in [0.25, 0.3) is 0 Å². The van der Waals surface area contributed by atoms with E-state index in [1.807, 2.05) is 0 Å². The molecule has 0 aliphatic carbocycles. The summed E-state index contributed by atoms with van der Waals surface area (Å²) in [6.07, 6.45) is 3.53. The fourth-order valence-corrected chi connectivity index (χ4v) is 0.720. The molecule has 0 saturated carbocycles. The lowest BCUT2D eigenvalue weighted by molar-refractivity contribution is 0.322. The molecule has 0 saturated heterocycles. The Hall–Kier alpha value is -0.530. The van der Waals surface area contributed by atoms with Crippen LogP contribution in [0.25, 0.3) is 0 Å². The van der Waals surface area contributed by atoms with Crippen LogP contribution in [0.4, 0.5) is 0 Å². The van der Waals surface area contributed by atoms with Crippen molar-refractivity contribution >= 4 is 6.40 Å².